The van der Waals surface area contributed by atoms with Crippen molar-refractivity contribution in [3.05, 3.63) is 24.3 Å². The van der Waals surface area contributed by atoms with Gasteiger partial charge in [-0.25, -0.2) is 9.59 Å². The number of ether oxygens (including phenoxy) is 2. The van der Waals surface area contributed by atoms with Crippen LogP contribution in [0.1, 0.15) is 13.8 Å². The van der Waals surface area contributed by atoms with Crippen molar-refractivity contribution in [2.75, 3.05) is 13.2 Å². The van der Waals surface area contributed by atoms with Crippen molar-refractivity contribution in [2.24, 2.45) is 0 Å². The summed E-state index contributed by atoms with van der Waals surface area (Å²) in [6.45, 7) is 7.10. The molecule has 0 aromatic rings. The fraction of sp³-hybridized carbons (Fsp3) is 0.400. The highest BCUT2D eigenvalue weighted by Gasteiger charge is 1.97. The second-order valence-corrected chi connectivity index (χ2v) is 2.30. The SMILES string of the molecule is C=CCl.CCOC(=O)/C=C\C(=O)OCC. The minimum absolute atomic E-state index is 0.298. The maximum atomic E-state index is 10.6. The summed E-state index contributed by atoms with van der Waals surface area (Å²) in [7, 11) is 0. The summed E-state index contributed by atoms with van der Waals surface area (Å²) in [6, 6.07) is 0. The van der Waals surface area contributed by atoms with Crippen molar-refractivity contribution in [1.29, 1.82) is 0 Å². The molecule has 5 heteroatoms. The minimum atomic E-state index is -0.537. The predicted octanol–water partition coefficient (Wildman–Crippen LogP) is 2.04. The van der Waals surface area contributed by atoms with Gasteiger partial charge in [0.15, 0.2) is 0 Å². The highest BCUT2D eigenvalue weighted by atomic mass is 35.5. The van der Waals surface area contributed by atoms with Gasteiger partial charge in [-0.1, -0.05) is 18.2 Å². The summed E-state index contributed by atoms with van der Waals surface area (Å²) < 4.78 is 9.07. The normalized spacial score (nSPS) is 8.73. The van der Waals surface area contributed by atoms with Gasteiger partial charge in [0, 0.05) is 12.2 Å². The van der Waals surface area contributed by atoms with Gasteiger partial charge in [0.05, 0.1) is 13.2 Å². The first kappa shape index (κ1) is 16.2. The van der Waals surface area contributed by atoms with Crippen LogP contribution >= 0.6 is 11.6 Å². The Morgan fingerprint density at radius 2 is 1.40 bits per heavy atom. The molecule has 0 aliphatic heterocycles. The molecule has 0 aliphatic carbocycles. The number of carbonyl (C=O) groups excluding carboxylic acids is 2. The monoisotopic (exact) mass is 234 g/mol. The third-order valence-corrected chi connectivity index (χ3v) is 0.929. The lowest BCUT2D eigenvalue weighted by atomic mass is 10.5. The van der Waals surface area contributed by atoms with Crippen LogP contribution in [0.3, 0.4) is 0 Å². The van der Waals surface area contributed by atoms with E-state index in [1.807, 2.05) is 0 Å². The summed E-state index contributed by atoms with van der Waals surface area (Å²) in [6.07, 6.45) is 2.09. The van der Waals surface area contributed by atoms with Gasteiger partial charge in [-0.15, -0.1) is 0 Å². The Balaban J connectivity index is 0. The molecule has 86 valence electrons. The lowest BCUT2D eigenvalue weighted by Crippen LogP contribution is -2.03. The van der Waals surface area contributed by atoms with Crippen molar-refractivity contribution in [1.82, 2.24) is 0 Å². The Hall–Kier alpha value is -1.29. The fourth-order valence-electron chi connectivity index (χ4n) is 0.517. The molecule has 0 N–H and O–H groups in total. The zero-order valence-corrected chi connectivity index (χ0v) is 9.62. The number of esters is 2. The molecule has 0 fully saturated rings. The first-order valence-electron chi connectivity index (χ1n) is 4.35. The second kappa shape index (κ2) is 12.7. The molecule has 0 bridgehead atoms. The van der Waals surface area contributed by atoms with Crippen LogP contribution in [0.2, 0.25) is 0 Å². The van der Waals surface area contributed by atoms with Crippen LogP contribution in [0.5, 0.6) is 0 Å². The van der Waals surface area contributed by atoms with Crippen molar-refractivity contribution in [3.8, 4) is 0 Å². The van der Waals surface area contributed by atoms with E-state index in [9.17, 15) is 9.59 Å². The Labute approximate surface area is 94.5 Å². The zero-order valence-electron chi connectivity index (χ0n) is 8.86. The van der Waals surface area contributed by atoms with Crippen LogP contribution in [-0.4, -0.2) is 25.2 Å². The van der Waals surface area contributed by atoms with E-state index >= 15 is 0 Å². The fourth-order valence-corrected chi connectivity index (χ4v) is 0.517. The molecule has 0 saturated heterocycles. The number of halogens is 1. The third-order valence-electron chi connectivity index (χ3n) is 0.929. The van der Waals surface area contributed by atoms with Gasteiger partial charge in [0.1, 0.15) is 0 Å². The molecule has 0 atom stereocenters. The second-order valence-electron chi connectivity index (χ2n) is 1.99. The quantitative estimate of drug-likeness (QED) is 0.552. The van der Waals surface area contributed by atoms with Crippen LogP contribution in [-0.2, 0) is 19.1 Å². The van der Waals surface area contributed by atoms with Gasteiger partial charge in [-0.05, 0) is 19.4 Å². The van der Waals surface area contributed by atoms with E-state index in [2.05, 4.69) is 16.1 Å². The first-order chi connectivity index (χ1) is 7.12. The maximum absolute atomic E-state index is 10.6. The van der Waals surface area contributed by atoms with Gasteiger partial charge in [0.25, 0.3) is 0 Å². The average molecular weight is 235 g/mol. The molecule has 0 spiro atoms. The van der Waals surface area contributed by atoms with Crippen LogP contribution < -0.4 is 0 Å². The Morgan fingerprint density at radius 3 is 1.60 bits per heavy atom. The molecule has 0 unspecified atom stereocenters. The van der Waals surface area contributed by atoms with Crippen LogP contribution in [0.4, 0.5) is 0 Å². The van der Waals surface area contributed by atoms with Gasteiger partial charge in [-0.2, -0.15) is 0 Å². The lowest BCUT2D eigenvalue weighted by Gasteiger charge is -1.95. The molecule has 15 heavy (non-hydrogen) atoms. The van der Waals surface area contributed by atoms with Crippen molar-refractivity contribution in [2.45, 2.75) is 13.8 Å². The van der Waals surface area contributed by atoms with E-state index in [0.717, 1.165) is 12.2 Å². The number of hydrogen-bond acceptors (Lipinski definition) is 4. The molecule has 0 radical (unpaired) electrons. The van der Waals surface area contributed by atoms with Crippen LogP contribution in [0.25, 0.3) is 0 Å². The third kappa shape index (κ3) is 15.5. The van der Waals surface area contributed by atoms with Gasteiger partial charge in [-0.3, -0.25) is 0 Å². The van der Waals surface area contributed by atoms with Crippen molar-refractivity contribution in [3.63, 3.8) is 0 Å². The largest absolute Gasteiger partial charge is 0.463 e. The standard InChI is InChI=1S/C8H12O4.C2H3Cl/c1-3-11-7(9)5-6-8(10)12-4-2;1-2-3/h5-6H,3-4H2,1-2H3;2H,1H2/b6-5-;. The Morgan fingerprint density at radius 1 is 1.13 bits per heavy atom. The topological polar surface area (TPSA) is 52.6 Å². The Bertz CT molecular complexity index is 203. The van der Waals surface area contributed by atoms with Gasteiger partial charge < -0.3 is 9.47 Å². The summed E-state index contributed by atoms with van der Waals surface area (Å²) in [4.78, 5) is 21.3. The molecule has 0 aromatic carbocycles. The molecule has 0 aromatic heterocycles. The Kier molecular flexibility index (Phi) is 13.7. The van der Waals surface area contributed by atoms with Crippen molar-refractivity contribution >= 4 is 23.5 Å². The van der Waals surface area contributed by atoms with E-state index in [-0.39, 0.29) is 0 Å². The summed E-state index contributed by atoms with van der Waals surface area (Å²) in [5.74, 6) is -1.07. The summed E-state index contributed by atoms with van der Waals surface area (Å²) >= 11 is 4.76. The molecular weight excluding hydrogens is 220 g/mol. The van der Waals surface area contributed by atoms with E-state index in [1.165, 1.54) is 5.54 Å². The molecule has 0 saturated carbocycles. The molecule has 0 rings (SSSR count). The number of rotatable bonds is 4. The lowest BCUT2D eigenvalue weighted by molar-refractivity contribution is -0.140. The molecule has 0 amide bonds. The zero-order chi connectivity index (χ0) is 12.1. The van der Waals surface area contributed by atoms with E-state index in [4.69, 9.17) is 11.6 Å². The van der Waals surface area contributed by atoms with Crippen LogP contribution in [0.15, 0.2) is 24.3 Å². The van der Waals surface area contributed by atoms with Gasteiger partial charge >= 0.3 is 11.9 Å². The molecule has 0 aliphatic rings. The maximum Gasteiger partial charge on any atom is 0.330 e. The minimum Gasteiger partial charge on any atom is -0.463 e. The van der Waals surface area contributed by atoms with E-state index in [1.54, 1.807) is 13.8 Å². The van der Waals surface area contributed by atoms with Crippen LogP contribution in [0, 0.1) is 0 Å². The van der Waals surface area contributed by atoms with E-state index in [0.29, 0.717) is 13.2 Å². The highest BCUT2D eigenvalue weighted by Crippen LogP contribution is 1.84. The highest BCUT2D eigenvalue weighted by molar-refractivity contribution is 6.25. The van der Waals surface area contributed by atoms with E-state index < -0.39 is 11.9 Å². The van der Waals surface area contributed by atoms with Crippen molar-refractivity contribution < 1.29 is 19.1 Å². The molecule has 0 heterocycles. The number of hydrogen-bond donors (Lipinski definition) is 0. The molecule has 4 nitrogen and oxygen atoms in total. The summed E-state index contributed by atoms with van der Waals surface area (Å²) in [5.41, 5.74) is 1.22. The molecular formula is C10H15ClO4. The number of carbonyl (C=O) groups is 2. The summed E-state index contributed by atoms with van der Waals surface area (Å²) in [5, 5.41) is 0. The van der Waals surface area contributed by atoms with Gasteiger partial charge in [0.2, 0.25) is 0 Å². The predicted molar refractivity (Wildman–Crippen MR) is 58.5 cm³/mol. The first-order valence-corrected chi connectivity index (χ1v) is 4.78. The smallest absolute Gasteiger partial charge is 0.330 e. The average Bonchev–Trinajstić information content (AvgIpc) is 2.17.